The standard InChI is InChI=1S/C17H22FNO3/c1-21-15-6-7-17(15)8-10-19(11-9-17)16(20)12-22-14-4-2-13(18)3-5-14/h2-5,15H,6-12H2,1H3. The van der Waals surface area contributed by atoms with Crippen molar-refractivity contribution >= 4 is 5.91 Å². The van der Waals surface area contributed by atoms with Gasteiger partial charge in [-0.1, -0.05) is 0 Å². The number of carbonyl (C=O) groups excluding carboxylic acids is 1. The SMILES string of the molecule is COC1CCC12CCN(C(=O)COc1ccc(F)cc1)CC2. The summed E-state index contributed by atoms with van der Waals surface area (Å²) in [6.07, 6.45) is 4.72. The van der Waals surface area contributed by atoms with E-state index in [2.05, 4.69) is 0 Å². The number of piperidine rings is 1. The number of benzene rings is 1. The lowest BCUT2D eigenvalue weighted by Crippen LogP contribution is -2.54. The van der Waals surface area contributed by atoms with E-state index in [0.717, 1.165) is 32.4 Å². The lowest BCUT2D eigenvalue weighted by atomic mass is 9.61. The molecular weight excluding hydrogens is 285 g/mol. The van der Waals surface area contributed by atoms with Crippen molar-refractivity contribution in [1.29, 1.82) is 0 Å². The van der Waals surface area contributed by atoms with Crippen LogP contribution in [0, 0.1) is 11.2 Å². The molecule has 1 aliphatic carbocycles. The second-order valence-electron chi connectivity index (χ2n) is 6.25. The predicted octanol–water partition coefficient (Wildman–Crippen LogP) is 2.62. The molecule has 2 aliphatic rings. The minimum atomic E-state index is -0.312. The van der Waals surface area contributed by atoms with Crippen molar-refractivity contribution in [3.05, 3.63) is 30.1 Å². The van der Waals surface area contributed by atoms with Gasteiger partial charge >= 0.3 is 0 Å². The molecule has 1 aromatic carbocycles. The fraction of sp³-hybridized carbons (Fsp3) is 0.588. The minimum absolute atomic E-state index is 0.00629. The van der Waals surface area contributed by atoms with E-state index < -0.39 is 0 Å². The maximum Gasteiger partial charge on any atom is 0.260 e. The number of amides is 1. The molecule has 22 heavy (non-hydrogen) atoms. The molecule has 4 nitrogen and oxygen atoms in total. The van der Waals surface area contributed by atoms with Gasteiger partial charge in [-0.25, -0.2) is 4.39 Å². The Balaban J connectivity index is 1.47. The highest BCUT2D eigenvalue weighted by atomic mass is 19.1. The van der Waals surface area contributed by atoms with Gasteiger partial charge in [0.1, 0.15) is 11.6 Å². The number of hydrogen-bond acceptors (Lipinski definition) is 3. The number of halogens is 1. The molecule has 0 aromatic heterocycles. The molecule has 1 heterocycles. The van der Waals surface area contributed by atoms with Crippen LogP contribution in [0.25, 0.3) is 0 Å². The molecule has 120 valence electrons. The first-order chi connectivity index (χ1) is 10.6. The lowest BCUT2D eigenvalue weighted by molar-refractivity contribution is -0.146. The third-order valence-electron chi connectivity index (χ3n) is 5.16. The Morgan fingerprint density at radius 2 is 1.95 bits per heavy atom. The van der Waals surface area contributed by atoms with E-state index in [1.807, 2.05) is 4.90 Å². The van der Waals surface area contributed by atoms with E-state index in [4.69, 9.17) is 9.47 Å². The average molecular weight is 307 g/mol. The van der Waals surface area contributed by atoms with Crippen molar-refractivity contribution < 1.29 is 18.7 Å². The summed E-state index contributed by atoms with van der Waals surface area (Å²) in [5.41, 5.74) is 0.295. The number of rotatable bonds is 4. The third kappa shape index (κ3) is 2.95. The maximum atomic E-state index is 12.8. The highest BCUT2D eigenvalue weighted by Crippen LogP contribution is 2.50. The Morgan fingerprint density at radius 1 is 1.27 bits per heavy atom. The van der Waals surface area contributed by atoms with Gasteiger partial charge in [-0.2, -0.15) is 0 Å². The zero-order valence-electron chi connectivity index (χ0n) is 12.9. The number of methoxy groups -OCH3 is 1. The van der Waals surface area contributed by atoms with Crippen molar-refractivity contribution in [2.75, 3.05) is 26.8 Å². The van der Waals surface area contributed by atoms with Crippen LogP contribution in [0.1, 0.15) is 25.7 Å². The molecule has 0 N–H and O–H groups in total. The van der Waals surface area contributed by atoms with E-state index in [1.54, 1.807) is 7.11 Å². The quantitative estimate of drug-likeness (QED) is 0.858. The monoisotopic (exact) mass is 307 g/mol. The van der Waals surface area contributed by atoms with Gasteiger partial charge in [0.25, 0.3) is 5.91 Å². The van der Waals surface area contributed by atoms with Gasteiger partial charge in [-0.05, 0) is 49.9 Å². The molecule has 3 rings (SSSR count). The minimum Gasteiger partial charge on any atom is -0.484 e. The third-order valence-corrected chi connectivity index (χ3v) is 5.16. The number of nitrogens with zero attached hydrogens (tertiary/aromatic N) is 1. The lowest BCUT2D eigenvalue weighted by Gasteiger charge is -2.53. The van der Waals surface area contributed by atoms with Gasteiger partial charge in [0, 0.05) is 25.6 Å². The van der Waals surface area contributed by atoms with E-state index >= 15 is 0 Å². The van der Waals surface area contributed by atoms with Gasteiger partial charge in [0.15, 0.2) is 6.61 Å². The number of hydrogen-bond donors (Lipinski definition) is 0. The van der Waals surface area contributed by atoms with Crippen LogP contribution in [0.15, 0.2) is 24.3 Å². The van der Waals surface area contributed by atoms with E-state index in [9.17, 15) is 9.18 Å². The van der Waals surface area contributed by atoms with Gasteiger partial charge in [0.05, 0.1) is 6.10 Å². The Hall–Kier alpha value is -1.62. The molecule has 1 atom stereocenters. The van der Waals surface area contributed by atoms with Crippen LogP contribution in [0.5, 0.6) is 5.75 Å². The molecule has 1 amide bonds. The van der Waals surface area contributed by atoms with Crippen LogP contribution >= 0.6 is 0 Å². The summed E-state index contributed by atoms with van der Waals surface area (Å²) in [5, 5.41) is 0. The molecule has 1 aromatic rings. The van der Waals surface area contributed by atoms with Gasteiger partial charge < -0.3 is 14.4 Å². The Bertz CT molecular complexity index is 521. The van der Waals surface area contributed by atoms with Crippen LogP contribution in [0.4, 0.5) is 4.39 Å². The normalized spacial score (nSPS) is 23.2. The molecule has 1 saturated heterocycles. The van der Waals surface area contributed by atoms with Gasteiger partial charge in [-0.15, -0.1) is 0 Å². The van der Waals surface area contributed by atoms with Crippen molar-refractivity contribution in [1.82, 2.24) is 4.90 Å². The van der Waals surface area contributed by atoms with Crippen molar-refractivity contribution in [2.24, 2.45) is 5.41 Å². The molecule has 1 aliphatic heterocycles. The number of ether oxygens (including phenoxy) is 2. The first kappa shape index (κ1) is 15.3. The molecule has 0 radical (unpaired) electrons. The maximum absolute atomic E-state index is 12.8. The van der Waals surface area contributed by atoms with Crippen LogP contribution in [0.3, 0.4) is 0 Å². The fourth-order valence-electron chi connectivity index (χ4n) is 3.58. The number of likely N-dealkylation sites (tertiary alicyclic amines) is 1. The Morgan fingerprint density at radius 3 is 2.50 bits per heavy atom. The van der Waals surface area contributed by atoms with Crippen molar-refractivity contribution in [2.45, 2.75) is 31.8 Å². The van der Waals surface area contributed by atoms with E-state index in [0.29, 0.717) is 17.3 Å². The molecule has 0 bridgehead atoms. The summed E-state index contributed by atoms with van der Waals surface area (Å²) in [6, 6.07) is 5.72. The largest absolute Gasteiger partial charge is 0.484 e. The first-order valence-corrected chi connectivity index (χ1v) is 7.82. The zero-order chi connectivity index (χ0) is 15.6. The molecule has 5 heteroatoms. The van der Waals surface area contributed by atoms with Crippen LogP contribution in [-0.2, 0) is 9.53 Å². The fourth-order valence-corrected chi connectivity index (χ4v) is 3.58. The first-order valence-electron chi connectivity index (χ1n) is 7.82. The Labute approximate surface area is 130 Å². The highest BCUT2D eigenvalue weighted by Gasteiger charge is 2.48. The van der Waals surface area contributed by atoms with Crippen LogP contribution in [0.2, 0.25) is 0 Å². The van der Waals surface area contributed by atoms with Crippen molar-refractivity contribution in [3.8, 4) is 5.75 Å². The highest BCUT2D eigenvalue weighted by molar-refractivity contribution is 5.77. The summed E-state index contributed by atoms with van der Waals surface area (Å²) < 4.78 is 23.8. The molecular formula is C17H22FNO3. The average Bonchev–Trinajstić information content (AvgIpc) is 2.53. The van der Waals surface area contributed by atoms with E-state index in [-0.39, 0.29) is 18.3 Å². The molecule has 1 unspecified atom stereocenters. The van der Waals surface area contributed by atoms with Crippen LogP contribution < -0.4 is 4.74 Å². The summed E-state index contributed by atoms with van der Waals surface area (Å²) in [5.74, 6) is 0.197. The molecule has 1 saturated carbocycles. The van der Waals surface area contributed by atoms with Gasteiger partial charge in [0.2, 0.25) is 0 Å². The summed E-state index contributed by atoms with van der Waals surface area (Å²) >= 11 is 0. The van der Waals surface area contributed by atoms with Gasteiger partial charge in [-0.3, -0.25) is 4.79 Å². The van der Waals surface area contributed by atoms with Crippen molar-refractivity contribution in [3.63, 3.8) is 0 Å². The summed E-state index contributed by atoms with van der Waals surface area (Å²) in [4.78, 5) is 14.1. The van der Waals surface area contributed by atoms with E-state index in [1.165, 1.54) is 30.7 Å². The number of carbonyl (C=O) groups is 1. The second-order valence-corrected chi connectivity index (χ2v) is 6.25. The summed E-state index contributed by atoms with van der Waals surface area (Å²) in [6.45, 7) is 1.54. The molecule has 1 spiro atoms. The smallest absolute Gasteiger partial charge is 0.260 e. The van der Waals surface area contributed by atoms with Crippen LogP contribution in [-0.4, -0.2) is 43.7 Å². The topological polar surface area (TPSA) is 38.8 Å². The predicted molar refractivity (Wildman–Crippen MR) is 80.2 cm³/mol. The summed E-state index contributed by atoms with van der Waals surface area (Å²) in [7, 11) is 1.78. The molecule has 2 fully saturated rings. The Kier molecular flexibility index (Phi) is 4.34. The zero-order valence-corrected chi connectivity index (χ0v) is 12.9. The second kappa shape index (κ2) is 6.24.